The van der Waals surface area contributed by atoms with E-state index in [0.717, 1.165) is 18.8 Å². The summed E-state index contributed by atoms with van der Waals surface area (Å²) in [5.41, 5.74) is 0.983. The van der Waals surface area contributed by atoms with E-state index in [9.17, 15) is 4.79 Å². The van der Waals surface area contributed by atoms with Gasteiger partial charge in [-0.1, -0.05) is 18.2 Å². The highest BCUT2D eigenvalue weighted by atomic mass is 35.5. The van der Waals surface area contributed by atoms with Gasteiger partial charge in [0.15, 0.2) is 0 Å². The van der Waals surface area contributed by atoms with Gasteiger partial charge in [0.1, 0.15) is 0 Å². The molecule has 0 spiro atoms. The number of nitrogens with zero attached hydrogens (tertiary/aromatic N) is 2. The molecule has 76 valence electrons. The van der Waals surface area contributed by atoms with Crippen LogP contribution in [-0.4, -0.2) is 31.1 Å². The zero-order valence-corrected chi connectivity index (χ0v) is 8.83. The second kappa shape index (κ2) is 4.33. The van der Waals surface area contributed by atoms with E-state index in [4.69, 9.17) is 0 Å². The summed E-state index contributed by atoms with van der Waals surface area (Å²) in [5.74, 6) is 0. The summed E-state index contributed by atoms with van der Waals surface area (Å²) in [6.07, 6.45) is 0. The number of urea groups is 1. The first-order chi connectivity index (χ1) is 6.29. The van der Waals surface area contributed by atoms with Gasteiger partial charge in [-0.15, -0.1) is 12.4 Å². The Morgan fingerprint density at radius 2 is 1.79 bits per heavy atom. The zero-order valence-electron chi connectivity index (χ0n) is 8.01. The van der Waals surface area contributed by atoms with Crippen LogP contribution in [0.4, 0.5) is 10.5 Å². The molecule has 0 radical (unpaired) electrons. The lowest BCUT2D eigenvalue weighted by Gasteiger charge is -2.15. The molecule has 1 saturated heterocycles. The van der Waals surface area contributed by atoms with Gasteiger partial charge in [-0.25, -0.2) is 4.79 Å². The van der Waals surface area contributed by atoms with Crippen molar-refractivity contribution < 1.29 is 4.79 Å². The molecule has 2 rings (SSSR count). The molecule has 3 nitrogen and oxygen atoms in total. The molecule has 1 heterocycles. The average Bonchev–Trinajstić information content (AvgIpc) is 2.49. The molecular formula is C10H13ClN2O. The number of amides is 2. The minimum Gasteiger partial charge on any atom is -0.326 e. The lowest BCUT2D eigenvalue weighted by Crippen LogP contribution is -2.28. The standard InChI is InChI=1S/C10H12N2O.ClH/c1-11-7-8-12(10(11)13)9-5-3-2-4-6-9;/h2-6H,7-8H2,1H3;1H. The maximum atomic E-state index is 11.6. The summed E-state index contributed by atoms with van der Waals surface area (Å²) in [6, 6.07) is 9.84. The highest BCUT2D eigenvalue weighted by Gasteiger charge is 2.25. The molecule has 1 aliphatic rings. The largest absolute Gasteiger partial charge is 0.326 e. The number of halogens is 1. The van der Waals surface area contributed by atoms with E-state index in [-0.39, 0.29) is 18.4 Å². The topological polar surface area (TPSA) is 23.6 Å². The van der Waals surface area contributed by atoms with Crippen LogP contribution in [0.2, 0.25) is 0 Å². The lowest BCUT2D eigenvalue weighted by molar-refractivity contribution is 0.229. The zero-order chi connectivity index (χ0) is 9.26. The van der Waals surface area contributed by atoms with Crippen molar-refractivity contribution in [3.8, 4) is 0 Å². The average molecular weight is 213 g/mol. The van der Waals surface area contributed by atoms with E-state index in [0.29, 0.717) is 0 Å². The number of anilines is 1. The number of likely N-dealkylation sites (N-methyl/N-ethyl adjacent to an activating group) is 1. The fourth-order valence-corrected chi connectivity index (χ4v) is 1.49. The van der Waals surface area contributed by atoms with Crippen LogP contribution < -0.4 is 4.90 Å². The third-order valence-electron chi connectivity index (χ3n) is 2.28. The Kier molecular flexibility index (Phi) is 3.36. The monoisotopic (exact) mass is 212 g/mol. The summed E-state index contributed by atoms with van der Waals surface area (Å²) in [6.45, 7) is 1.60. The Labute approximate surface area is 89.7 Å². The van der Waals surface area contributed by atoms with Crippen LogP contribution in [-0.2, 0) is 0 Å². The van der Waals surface area contributed by atoms with E-state index < -0.39 is 0 Å². The van der Waals surface area contributed by atoms with Crippen molar-refractivity contribution in [2.75, 3.05) is 25.0 Å². The smallest absolute Gasteiger partial charge is 0.324 e. The number of hydrogen-bond acceptors (Lipinski definition) is 1. The molecule has 0 saturated carbocycles. The molecule has 0 N–H and O–H groups in total. The van der Waals surface area contributed by atoms with Crippen LogP contribution in [0.15, 0.2) is 30.3 Å². The fourth-order valence-electron chi connectivity index (χ4n) is 1.49. The molecule has 1 fully saturated rings. The third-order valence-corrected chi connectivity index (χ3v) is 2.28. The van der Waals surface area contributed by atoms with Crippen molar-refractivity contribution in [1.82, 2.24) is 4.90 Å². The molecular weight excluding hydrogens is 200 g/mol. The number of benzene rings is 1. The second-order valence-corrected chi connectivity index (χ2v) is 3.19. The summed E-state index contributed by atoms with van der Waals surface area (Å²) >= 11 is 0. The first-order valence-corrected chi connectivity index (χ1v) is 4.37. The predicted octanol–water partition coefficient (Wildman–Crippen LogP) is 1.98. The van der Waals surface area contributed by atoms with E-state index in [2.05, 4.69) is 0 Å². The molecule has 14 heavy (non-hydrogen) atoms. The maximum absolute atomic E-state index is 11.6. The molecule has 0 bridgehead atoms. The van der Waals surface area contributed by atoms with Crippen molar-refractivity contribution >= 4 is 24.1 Å². The van der Waals surface area contributed by atoms with Gasteiger partial charge >= 0.3 is 6.03 Å². The summed E-state index contributed by atoms with van der Waals surface area (Å²) in [5, 5.41) is 0. The van der Waals surface area contributed by atoms with Crippen molar-refractivity contribution in [2.24, 2.45) is 0 Å². The van der Waals surface area contributed by atoms with Gasteiger partial charge < -0.3 is 4.90 Å². The van der Waals surface area contributed by atoms with E-state index in [1.54, 1.807) is 9.80 Å². The summed E-state index contributed by atoms with van der Waals surface area (Å²) in [4.78, 5) is 15.1. The Morgan fingerprint density at radius 3 is 2.29 bits per heavy atom. The highest BCUT2D eigenvalue weighted by Crippen LogP contribution is 2.18. The molecule has 0 aliphatic carbocycles. The van der Waals surface area contributed by atoms with Crippen molar-refractivity contribution in [3.63, 3.8) is 0 Å². The Morgan fingerprint density at radius 1 is 1.14 bits per heavy atom. The van der Waals surface area contributed by atoms with E-state index >= 15 is 0 Å². The van der Waals surface area contributed by atoms with Gasteiger partial charge in [0.2, 0.25) is 0 Å². The Hall–Kier alpha value is -1.22. The van der Waals surface area contributed by atoms with Crippen molar-refractivity contribution in [3.05, 3.63) is 30.3 Å². The predicted molar refractivity (Wildman–Crippen MR) is 59.1 cm³/mol. The van der Waals surface area contributed by atoms with Crippen LogP contribution >= 0.6 is 12.4 Å². The number of carbonyl (C=O) groups excluding carboxylic acids is 1. The second-order valence-electron chi connectivity index (χ2n) is 3.19. The van der Waals surface area contributed by atoms with Crippen LogP contribution in [0.25, 0.3) is 0 Å². The number of carbonyl (C=O) groups is 1. The number of rotatable bonds is 1. The molecule has 0 atom stereocenters. The lowest BCUT2D eigenvalue weighted by atomic mass is 10.3. The third kappa shape index (κ3) is 1.82. The molecule has 1 aromatic carbocycles. The van der Waals surface area contributed by atoms with Crippen LogP contribution in [0.1, 0.15) is 0 Å². The van der Waals surface area contributed by atoms with Gasteiger partial charge in [-0.3, -0.25) is 4.90 Å². The van der Waals surface area contributed by atoms with Crippen LogP contribution in [0.5, 0.6) is 0 Å². The molecule has 1 aliphatic heterocycles. The molecule has 4 heteroatoms. The van der Waals surface area contributed by atoms with Gasteiger partial charge in [-0.2, -0.15) is 0 Å². The first-order valence-electron chi connectivity index (χ1n) is 4.37. The summed E-state index contributed by atoms with van der Waals surface area (Å²) in [7, 11) is 1.82. The molecule has 1 aromatic rings. The number of para-hydroxylation sites is 1. The number of hydrogen-bond donors (Lipinski definition) is 0. The first kappa shape index (κ1) is 10.9. The van der Waals surface area contributed by atoms with Gasteiger partial charge in [-0.05, 0) is 12.1 Å². The molecule has 0 unspecified atom stereocenters. The van der Waals surface area contributed by atoms with Gasteiger partial charge in [0, 0.05) is 25.8 Å². The van der Waals surface area contributed by atoms with Gasteiger partial charge in [0.05, 0.1) is 0 Å². The quantitative estimate of drug-likeness (QED) is 0.699. The van der Waals surface area contributed by atoms with Crippen LogP contribution in [0, 0.1) is 0 Å². The maximum Gasteiger partial charge on any atom is 0.324 e. The fraction of sp³-hybridized carbons (Fsp3) is 0.300. The molecule has 2 amide bonds. The molecule has 0 aromatic heterocycles. The van der Waals surface area contributed by atoms with E-state index in [1.165, 1.54) is 0 Å². The van der Waals surface area contributed by atoms with Crippen molar-refractivity contribution in [1.29, 1.82) is 0 Å². The van der Waals surface area contributed by atoms with Crippen LogP contribution in [0.3, 0.4) is 0 Å². The highest BCUT2D eigenvalue weighted by molar-refractivity contribution is 5.93. The normalized spacial score (nSPS) is 15.6. The summed E-state index contributed by atoms with van der Waals surface area (Å²) < 4.78 is 0. The minimum absolute atomic E-state index is 0. The minimum atomic E-state index is 0. The SMILES string of the molecule is CN1CCN(c2ccccc2)C1=O.Cl. The van der Waals surface area contributed by atoms with E-state index in [1.807, 2.05) is 37.4 Å². The Bertz CT molecular complexity index is 315. The van der Waals surface area contributed by atoms with Crippen molar-refractivity contribution in [2.45, 2.75) is 0 Å². The Balaban J connectivity index is 0.000000980. The van der Waals surface area contributed by atoms with Gasteiger partial charge in [0.25, 0.3) is 0 Å².